The Morgan fingerprint density at radius 1 is 0.326 bits per heavy atom. The normalized spacial score (nSPS) is 11.9. The second-order valence-corrected chi connectivity index (χ2v) is 12.2. The Labute approximate surface area is 266 Å². The van der Waals surface area contributed by atoms with Crippen LogP contribution in [0.4, 0.5) is 0 Å². The molecule has 0 atom stereocenters. The zero-order valence-electron chi connectivity index (χ0n) is 25.1. The van der Waals surface area contributed by atoms with Crippen molar-refractivity contribution in [1.29, 1.82) is 0 Å². The first kappa shape index (κ1) is 25.2. The molecule has 214 valence electrons. The highest BCUT2D eigenvalue weighted by atomic mass is 15.0. The molecule has 10 aromatic rings. The Morgan fingerprint density at radius 2 is 0.957 bits per heavy atom. The molecule has 0 saturated heterocycles. The molecule has 0 radical (unpaired) electrons. The molecule has 8 aromatic carbocycles. The molecular weight excluding hydrogens is 556 g/mol. The molecule has 0 N–H and O–H groups in total. The van der Waals surface area contributed by atoms with E-state index >= 15 is 0 Å². The van der Waals surface area contributed by atoms with E-state index in [1.807, 2.05) is 0 Å². The summed E-state index contributed by atoms with van der Waals surface area (Å²) in [7, 11) is 0. The van der Waals surface area contributed by atoms with Crippen LogP contribution in [0.1, 0.15) is 0 Å². The minimum atomic E-state index is 1.16. The van der Waals surface area contributed by atoms with Gasteiger partial charge in [0.15, 0.2) is 0 Å². The maximum absolute atomic E-state index is 2.47. The van der Waals surface area contributed by atoms with E-state index in [-0.39, 0.29) is 0 Å². The van der Waals surface area contributed by atoms with Gasteiger partial charge in [0, 0.05) is 32.9 Å². The van der Waals surface area contributed by atoms with Gasteiger partial charge in [-0.25, -0.2) is 0 Å². The van der Waals surface area contributed by atoms with E-state index in [0.29, 0.717) is 0 Å². The largest absolute Gasteiger partial charge is 0.309 e. The fourth-order valence-corrected chi connectivity index (χ4v) is 7.64. The molecule has 0 aliphatic carbocycles. The zero-order chi connectivity index (χ0) is 30.2. The molecular formula is C44H28N2. The van der Waals surface area contributed by atoms with E-state index in [4.69, 9.17) is 0 Å². The van der Waals surface area contributed by atoms with Gasteiger partial charge in [-0.2, -0.15) is 0 Å². The molecule has 0 saturated carbocycles. The second-order valence-electron chi connectivity index (χ2n) is 12.2. The van der Waals surface area contributed by atoms with Crippen LogP contribution in [-0.2, 0) is 0 Å². The van der Waals surface area contributed by atoms with Crippen molar-refractivity contribution >= 4 is 65.2 Å². The molecule has 2 heterocycles. The van der Waals surface area contributed by atoms with Gasteiger partial charge >= 0.3 is 0 Å². The van der Waals surface area contributed by atoms with Crippen LogP contribution in [0.25, 0.3) is 87.7 Å². The van der Waals surface area contributed by atoms with Crippen LogP contribution in [0.5, 0.6) is 0 Å². The molecule has 2 aromatic heterocycles. The summed E-state index contributed by atoms with van der Waals surface area (Å²) in [6.07, 6.45) is 0. The fourth-order valence-electron chi connectivity index (χ4n) is 7.64. The van der Waals surface area contributed by atoms with Crippen LogP contribution in [0.15, 0.2) is 170 Å². The molecule has 2 nitrogen and oxygen atoms in total. The minimum Gasteiger partial charge on any atom is -0.309 e. The maximum Gasteiger partial charge on any atom is 0.0641 e. The van der Waals surface area contributed by atoms with E-state index in [0.717, 1.165) is 5.69 Å². The monoisotopic (exact) mass is 584 g/mol. The summed E-state index contributed by atoms with van der Waals surface area (Å²) in [5.74, 6) is 0. The van der Waals surface area contributed by atoms with Crippen LogP contribution in [0.3, 0.4) is 0 Å². The van der Waals surface area contributed by atoms with Gasteiger partial charge in [0.25, 0.3) is 0 Å². The standard InChI is InChI=1S/C44H28N2/c1-2-12-32-28-34(25-20-29(32)10-1)46-40-18-7-5-15-37(40)38-26-27-42-43(44(38)46)39-16-6-8-19-41(39)45(42)33-23-21-31(22-24-33)36-17-9-13-30-11-3-4-14-35(30)36/h1-28H. The number of hydrogen-bond donors (Lipinski definition) is 0. The highest BCUT2D eigenvalue weighted by molar-refractivity contribution is 6.26. The number of benzene rings is 8. The maximum atomic E-state index is 2.47. The first-order chi connectivity index (χ1) is 22.8. The van der Waals surface area contributed by atoms with Gasteiger partial charge in [-0.1, -0.05) is 127 Å². The van der Waals surface area contributed by atoms with Gasteiger partial charge in [0.1, 0.15) is 0 Å². The van der Waals surface area contributed by atoms with Crippen LogP contribution in [0, 0.1) is 0 Å². The third-order valence-electron chi connectivity index (χ3n) is 9.69. The van der Waals surface area contributed by atoms with E-state index in [2.05, 4.69) is 179 Å². The van der Waals surface area contributed by atoms with Gasteiger partial charge < -0.3 is 9.13 Å². The first-order valence-electron chi connectivity index (χ1n) is 15.9. The van der Waals surface area contributed by atoms with Gasteiger partial charge in [0.05, 0.1) is 22.1 Å². The molecule has 0 unspecified atom stereocenters. The number of para-hydroxylation sites is 2. The van der Waals surface area contributed by atoms with E-state index in [1.54, 1.807) is 0 Å². The predicted octanol–water partition coefficient (Wildman–Crippen LogP) is 11.9. The Bertz CT molecular complexity index is 2790. The van der Waals surface area contributed by atoms with E-state index < -0.39 is 0 Å². The smallest absolute Gasteiger partial charge is 0.0641 e. The van der Waals surface area contributed by atoms with Crippen molar-refractivity contribution < 1.29 is 0 Å². The van der Waals surface area contributed by atoms with Gasteiger partial charge in [-0.3, -0.25) is 0 Å². The first-order valence-corrected chi connectivity index (χ1v) is 15.9. The molecule has 0 amide bonds. The Hall–Kier alpha value is -6.12. The molecule has 10 rings (SSSR count). The van der Waals surface area contributed by atoms with Crippen molar-refractivity contribution in [2.45, 2.75) is 0 Å². The number of hydrogen-bond acceptors (Lipinski definition) is 0. The summed E-state index contributed by atoms with van der Waals surface area (Å²) < 4.78 is 4.90. The summed E-state index contributed by atoms with van der Waals surface area (Å²) in [4.78, 5) is 0. The van der Waals surface area contributed by atoms with Crippen molar-refractivity contribution in [3.63, 3.8) is 0 Å². The van der Waals surface area contributed by atoms with Crippen molar-refractivity contribution in [2.24, 2.45) is 0 Å². The number of rotatable bonds is 3. The topological polar surface area (TPSA) is 9.86 Å². The molecule has 2 heteroatoms. The lowest BCUT2D eigenvalue weighted by atomic mass is 9.98. The molecule has 0 aliphatic heterocycles. The lowest BCUT2D eigenvalue weighted by Crippen LogP contribution is -1.95. The summed E-state index contributed by atoms with van der Waals surface area (Å²) in [5.41, 5.74) is 9.69. The molecule has 0 spiro atoms. The third kappa shape index (κ3) is 3.59. The second kappa shape index (κ2) is 9.69. The van der Waals surface area contributed by atoms with Gasteiger partial charge in [0.2, 0.25) is 0 Å². The van der Waals surface area contributed by atoms with Crippen molar-refractivity contribution in [2.75, 3.05) is 0 Å². The molecule has 46 heavy (non-hydrogen) atoms. The average Bonchev–Trinajstić information content (AvgIpc) is 3.64. The highest BCUT2D eigenvalue weighted by Gasteiger charge is 2.20. The average molecular weight is 585 g/mol. The molecule has 0 aliphatic rings. The SMILES string of the molecule is c1ccc2cc(-n3c4ccccc4c4ccc5c(c6ccccc6n5-c5ccc(-c6cccc7ccccc67)cc5)c43)ccc2c1. The predicted molar refractivity (Wildman–Crippen MR) is 196 cm³/mol. The van der Waals surface area contributed by atoms with Gasteiger partial charge in [-0.15, -0.1) is 0 Å². The minimum absolute atomic E-state index is 1.16. The van der Waals surface area contributed by atoms with Crippen molar-refractivity contribution in [3.05, 3.63) is 170 Å². The molecule has 0 fully saturated rings. The van der Waals surface area contributed by atoms with Crippen molar-refractivity contribution in [1.82, 2.24) is 9.13 Å². The zero-order valence-corrected chi connectivity index (χ0v) is 25.1. The van der Waals surface area contributed by atoms with Crippen LogP contribution >= 0.6 is 0 Å². The summed E-state index contributed by atoms with van der Waals surface area (Å²) in [6.45, 7) is 0. The van der Waals surface area contributed by atoms with Crippen LogP contribution in [0.2, 0.25) is 0 Å². The summed E-state index contributed by atoms with van der Waals surface area (Å²) in [6, 6.07) is 62.0. The lowest BCUT2D eigenvalue weighted by molar-refractivity contribution is 1.18. The third-order valence-corrected chi connectivity index (χ3v) is 9.69. The van der Waals surface area contributed by atoms with Crippen LogP contribution < -0.4 is 0 Å². The van der Waals surface area contributed by atoms with E-state index in [9.17, 15) is 0 Å². The highest BCUT2D eigenvalue weighted by Crippen LogP contribution is 2.42. The number of aromatic nitrogens is 2. The molecule has 0 bridgehead atoms. The quantitative estimate of drug-likeness (QED) is 0.195. The Morgan fingerprint density at radius 3 is 1.78 bits per heavy atom. The van der Waals surface area contributed by atoms with Crippen molar-refractivity contribution in [3.8, 4) is 22.5 Å². The summed E-state index contributed by atoms with van der Waals surface area (Å²) >= 11 is 0. The van der Waals surface area contributed by atoms with Crippen LogP contribution in [-0.4, -0.2) is 9.13 Å². The summed E-state index contributed by atoms with van der Waals surface area (Å²) in [5, 5.41) is 10.1. The Balaban J connectivity index is 1.26. The number of fused-ring (bicyclic) bond motifs is 9. The lowest BCUT2D eigenvalue weighted by Gasteiger charge is -2.12. The fraction of sp³-hybridized carbons (Fsp3) is 0. The van der Waals surface area contributed by atoms with Gasteiger partial charge in [-0.05, 0) is 75.1 Å². The van der Waals surface area contributed by atoms with E-state index in [1.165, 1.54) is 82.0 Å². The number of nitrogens with zero attached hydrogens (tertiary/aromatic N) is 2. The Kier molecular flexibility index (Phi) is 5.31.